The van der Waals surface area contributed by atoms with Crippen molar-refractivity contribution in [3.8, 4) is 11.4 Å². The lowest BCUT2D eigenvalue weighted by atomic mass is 9.80. The zero-order chi connectivity index (χ0) is 15.1. The summed E-state index contributed by atoms with van der Waals surface area (Å²) in [6, 6.07) is 9.22. The number of hydrogen-bond acceptors (Lipinski definition) is 4. The maximum atomic E-state index is 9.51. The van der Waals surface area contributed by atoms with Gasteiger partial charge in [0.25, 0.3) is 0 Å². The molecule has 1 aromatic heterocycles. The molecule has 0 saturated carbocycles. The zero-order valence-corrected chi connectivity index (χ0v) is 12.0. The predicted molar refractivity (Wildman–Crippen MR) is 82.6 cm³/mol. The van der Waals surface area contributed by atoms with Crippen LogP contribution < -0.4 is 5.46 Å². The second-order valence-corrected chi connectivity index (χ2v) is 5.25. The summed E-state index contributed by atoms with van der Waals surface area (Å²) in [5, 5.41) is 33.3. The number of phenols is 1. The third kappa shape index (κ3) is 2.47. The first-order valence-electron chi connectivity index (χ1n) is 6.00. The lowest BCUT2D eigenvalue weighted by Gasteiger charge is -2.07. The van der Waals surface area contributed by atoms with Crippen LogP contribution in [0.4, 0.5) is 0 Å². The van der Waals surface area contributed by atoms with Gasteiger partial charge in [-0.2, -0.15) is 5.10 Å². The Morgan fingerprint density at radius 2 is 1.81 bits per heavy atom. The van der Waals surface area contributed by atoms with Crippen LogP contribution in [0, 0.1) is 0 Å². The fourth-order valence-electron chi connectivity index (χ4n) is 2.06. The molecule has 8 heteroatoms. The van der Waals surface area contributed by atoms with Crippen LogP contribution in [0.2, 0.25) is 10.2 Å². The average Bonchev–Trinajstić information content (AvgIpc) is 2.76. The number of hydrogen-bond donors (Lipinski definition) is 3. The van der Waals surface area contributed by atoms with Crippen LogP contribution in [-0.2, 0) is 0 Å². The van der Waals surface area contributed by atoms with Crippen molar-refractivity contribution in [1.82, 2.24) is 9.78 Å². The summed E-state index contributed by atoms with van der Waals surface area (Å²) in [6.07, 6.45) is 0. The highest BCUT2D eigenvalue weighted by atomic mass is 35.5. The molecule has 0 atom stereocenters. The van der Waals surface area contributed by atoms with Gasteiger partial charge < -0.3 is 15.2 Å². The Labute approximate surface area is 130 Å². The molecule has 0 aliphatic heterocycles. The molecule has 0 amide bonds. The lowest BCUT2D eigenvalue weighted by molar-refractivity contribution is 0.426. The van der Waals surface area contributed by atoms with E-state index in [0.29, 0.717) is 21.7 Å². The second-order valence-electron chi connectivity index (χ2n) is 4.49. The number of benzene rings is 2. The fraction of sp³-hybridized carbons (Fsp3) is 0. The molecule has 5 nitrogen and oxygen atoms in total. The van der Waals surface area contributed by atoms with Gasteiger partial charge in [-0.1, -0.05) is 29.3 Å². The van der Waals surface area contributed by atoms with Gasteiger partial charge in [0.15, 0.2) is 0 Å². The van der Waals surface area contributed by atoms with Gasteiger partial charge in [-0.15, -0.1) is 0 Å². The summed E-state index contributed by atoms with van der Waals surface area (Å²) >= 11 is 12.4. The predicted octanol–water partition coefficient (Wildman–Crippen LogP) is 1.72. The van der Waals surface area contributed by atoms with E-state index in [1.807, 2.05) is 0 Å². The van der Waals surface area contributed by atoms with Gasteiger partial charge in [0.2, 0.25) is 0 Å². The van der Waals surface area contributed by atoms with Crippen molar-refractivity contribution in [3.05, 3.63) is 46.6 Å². The van der Waals surface area contributed by atoms with E-state index in [-0.39, 0.29) is 16.2 Å². The number of fused-ring (bicyclic) bond motifs is 1. The van der Waals surface area contributed by atoms with E-state index in [0.717, 1.165) is 0 Å². The van der Waals surface area contributed by atoms with Crippen LogP contribution in [0.3, 0.4) is 0 Å². The summed E-state index contributed by atoms with van der Waals surface area (Å²) in [5.41, 5.74) is 1.39. The standard InChI is InChI=1S/C13H9BCl2N2O3/c15-10-5-7(14(20)21)1-4-12(10)18-13(16)9-6-8(19)2-3-11(9)17-18/h1-6,19-21H. The molecule has 0 unspecified atom stereocenters. The van der Waals surface area contributed by atoms with Crippen molar-refractivity contribution in [2.24, 2.45) is 0 Å². The van der Waals surface area contributed by atoms with Gasteiger partial charge in [0.05, 0.1) is 16.2 Å². The highest BCUT2D eigenvalue weighted by Gasteiger charge is 2.17. The molecule has 0 bridgehead atoms. The van der Waals surface area contributed by atoms with Crippen molar-refractivity contribution >= 4 is 46.7 Å². The van der Waals surface area contributed by atoms with Crippen LogP contribution in [0.15, 0.2) is 36.4 Å². The molecule has 3 rings (SSSR count). The molecule has 3 aromatic rings. The first-order chi connectivity index (χ1) is 9.97. The SMILES string of the molecule is OB(O)c1ccc(-n2nc3ccc(O)cc3c2Cl)c(Cl)c1. The number of nitrogens with zero attached hydrogens (tertiary/aromatic N) is 2. The highest BCUT2D eigenvalue weighted by molar-refractivity contribution is 6.59. The Kier molecular flexibility index (Phi) is 3.55. The van der Waals surface area contributed by atoms with Gasteiger partial charge in [0, 0.05) is 5.39 Å². The molecule has 0 spiro atoms. The topological polar surface area (TPSA) is 78.5 Å². The molecule has 106 valence electrons. The Morgan fingerprint density at radius 1 is 1.05 bits per heavy atom. The molecule has 2 aromatic carbocycles. The minimum Gasteiger partial charge on any atom is -0.508 e. The third-order valence-corrected chi connectivity index (χ3v) is 3.76. The van der Waals surface area contributed by atoms with Crippen LogP contribution >= 0.6 is 23.2 Å². The molecular formula is C13H9BCl2N2O3. The fourth-order valence-corrected chi connectivity index (χ4v) is 2.61. The zero-order valence-electron chi connectivity index (χ0n) is 10.5. The van der Waals surface area contributed by atoms with Gasteiger partial charge in [-0.05, 0) is 35.8 Å². The maximum Gasteiger partial charge on any atom is 0.488 e. The molecule has 0 radical (unpaired) electrons. The first-order valence-corrected chi connectivity index (χ1v) is 6.76. The number of phenolic OH excluding ortho intramolecular Hbond substituents is 1. The molecule has 0 aliphatic carbocycles. The van der Waals surface area contributed by atoms with E-state index in [4.69, 9.17) is 33.2 Å². The Hall–Kier alpha value is -1.73. The molecule has 3 N–H and O–H groups in total. The highest BCUT2D eigenvalue weighted by Crippen LogP contribution is 2.30. The maximum absolute atomic E-state index is 9.51. The third-order valence-electron chi connectivity index (χ3n) is 3.09. The van der Waals surface area contributed by atoms with Gasteiger partial charge >= 0.3 is 7.12 Å². The van der Waals surface area contributed by atoms with Crippen molar-refractivity contribution in [2.75, 3.05) is 0 Å². The monoisotopic (exact) mass is 322 g/mol. The van der Waals surface area contributed by atoms with E-state index in [2.05, 4.69) is 5.10 Å². The lowest BCUT2D eigenvalue weighted by Crippen LogP contribution is -2.29. The quantitative estimate of drug-likeness (QED) is 0.628. The molecule has 0 saturated heterocycles. The summed E-state index contributed by atoms with van der Waals surface area (Å²) in [7, 11) is -1.60. The van der Waals surface area contributed by atoms with E-state index in [1.165, 1.54) is 28.9 Å². The van der Waals surface area contributed by atoms with E-state index in [1.54, 1.807) is 12.1 Å². The molecule has 0 fully saturated rings. The Bertz CT molecular complexity index is 836. The second kappa shape index (κ2) is 5.24. The minimum atomic E-state index is -1.60. The summed E-state index contributed by atoms with van der Waals surface area (Å²) in [6.45, 7) is 0. The molecule has 0 aliphatic rings. The van der Waals surface area contributed by atoms with Crippen LogP contribution in [0.5, 0.6) is 5.75 Å². The van der Waals surface area contributed by atoms with Gasteiger partial charge in [0.1, 0.15) is 10.9 Å². The van der Waals surface area contributed by atoms with Crippen molar-refractivity contribution in [3.63, 3.8) is 0 Å². The number of aromatic nitrogens is 2. The molecular weight excluding hydrogens is 314 g/mol. The van der Waals surface area contributed by atoms with Crippen LogP contribution in [0.1, 0.15) is 0 Å². The van der Waals surface area contributed by atoms with E-state index < -0.39 is 7.12 Å². The molecule has 21 heavy (non-hydrogen) atoms. The van der Waals surface area contributed by atoms with Crippen LogP contribution in [0.25, 0.3) is 16.6 Å². The van der Waals surface area contributed by atoms with Crippen molar-refractivity contribution < 1.29 is 15.2 Å². The number of rotatable bonds is 2. The molecule has 1 heterocycles. The number of halogens is 2. The largest absolute Gasteiger partial charge is 0.508 e. The Morgan fingerprint density at radius 3 is 2.48 bits per heavy atom. The van der Waals surface area contributed by atoms with Crippen molar-refractivity contribution in [2.45, 2.75) is 0 Å². The summed E-state index contributed by atoms with van der Waals surface area (Å²) < 4.78 is 1.43. The van der Waals surface area contributed by atoms with Gasteiger partial charge in [-0.3, -0.25) is 0 Å². The number of aromatic hydroxyl groups is 1. The normalized spacial score (nSPS) is 11.0. The van der Waals surface area contributed by atoms with E-state index in [9.17, 15) is 5.11 Å². The van der Waals surface area contributed by atoms with Crippen LogP contribution in [-0.4, -0.2) is 32.1 Å². The van der Waals surface area contributed by atoms with E-state index >= 15 is 0 Å². The first kappa shape index (κ1) is 14.2. The smallest absolute Gasteiger partial charge is 0.488 e. The Balaban J connectivity index is 2.18. The average molecular weight is 323 g/mol. The minimum absolute atomic E-state index is 0.0915. The van der Waals surface area contributed by atoms with Gasteiger partial charge in [-0.25, -0.2) is 4.68 Å². The summed E-state index contributed by atoms with van der Waals surface area (Å²) in [5.74, 6) is 0.0915. The summed E-state index contributed by atoms with van der Waals surface area (Å²) in [4.78, 5) is 0. The van der Waals surface area contributed by atoms with Crippen molar-refractivity contribution in [1.29, 1.82) is 0 Å².